The van der Waals surface area contributed by atoms with E-state index >= 15 is 0 Å². The Bertz CT molecular complexity index is 382. The second-order valence-electron chi connectivity index (χ2n) is 4.59. The summed E-state index contributed by atoms with van der Waals surface area (Å²) in [6.45, 7) is 3.36. The minimum Gasteiger partial charge on any atom is -0.353 e. The molecule has 1 aromatic rings. The molecular formula is C13H18BrClN2. The molecule has 1 aliphatic rings. The van der Waals surface area contributed by atoms with E-state index in [1.54, 1.807) is 6.20 Å². The fraction of sp³-hybridized carbons (Fsp3) is 0.615. The quantitative estimate of drug-likeness (QED) is 0.806. The lowest BCUT2D eigenvalue weighted by atomic mass is 9.98. The summed E-state index contributed by atoms with van der Waals surface area (Å²) in [5.41, 5.74) is 0. The molecule has 0 saturated carbocycles. The average Bonchev–Trinajstić information content (AvgIpc) is 2.31. The van der Waals surface area contributed by atoms with Gasteiger partial charge in [0.1, 0.15) is 5.82 Å². The van der Waals surface area contributed by atoms with Gasteiger partial charge in [-0.25, -0.2) is 4.98 Å². The zero-order chi connectivity index (χ0) is 12.3. The Morgan fingerprint density at radius 1 is 1.53 bits per heavy atom. The topological polar surface area (TPSA) is 16.1 Å². The molecular weight excluding hydrogens is 300 g/mol. The van der Waals surface area contributed by atoms with E-state index in [-0.39, 0.29) is 0 Å². The lowest BCUT2D eigenvalue weighted by Gasteiger charge is -2.37. The highest BCUT2D eigenvalue weighted by molar-refractivity contribution is 9.10. The molecule has 17 heavy (non-hydrogen) atoms. The minimum atomic E-state index is 0.638. The second kappa shape index (κ2) is 6.05. The number of rotatable bonds is 3. The van der Waals surface area contributed by atoms with Crippen LogP contribution in [-0.2, 0) is 0 Å². The summed E-state index contributed by atoms with van der Waals surface area (Å²) in [4.78, 5) is 6.92. The van der Waals surface area contributed by atoms with E-state index in [0.717, 1.165) is 16.8 Å². The van der Waals surface area contributed by atoms with Crippen molar-refractivity contribution in [2.24, 2.45) is 0 Å². The molecule has 2 rings (SSSR count). The summed E-state index contributed by atoms with van der Waals surface area (Å²) in [5, 5.41) is 0.685. The lowest BCUT2D eigenvalue weighted by molar-refractivity contribution is 0.431. The first-order valence-electron chi connectivity index (χ1n) is 6.30. The van der Waals surface area contributed by atoms with Crippen molar-refractivity contribution in [2.75, 3.05) is 11.4 Å². The summed E-state index contributed by atoms with van der Waals surface area (Å²) < 4.78 is 1.01. The van der Waals surface area contributed by atoms with Gasteiger partial charge in [0.05, 0.1) is 9.50 Å². The summed E-state index contributed by atoms with van der Waals surface area (Å²) in [6.07, 6.45) is 8.09. The van der Waals surface area contributed by atoms with Crippen molar-refractivity contribution in [1.29, 1.82) is 0 Å². The van der Waals surface area contributed by atoms with E-state index in [2.05, 4.69) is 32.7 Å². The van der Waals surface area contributed by atoms with Gasteiger partial charge in [0.25, 0.3) is 0 Å². The van der Waals surface area contributed by atoms with Crippen molar-refractivity contribution < 1.29 is 0 Å². The van der Waals surface area contributed by atoms with Crippen molar-refractivity contribution in [3.8, 4) is 0 Å². The highest BCUT2D eigenvalue weighted by Crippen LogP contribution is 2.32. The number of hydrogen-bond donors (Lipinski definition) is 0. The van der Waals surface area contributed by atoms with Crippen molar-refractivity contribution in [3.05, 3.63) is 21.8 Å². The molecule has 1 aliphatic heterocycles. The van der Waals surface area contributed by atoms with Crippen LogP contribution in [0.1, 0.15) is 39.0 Å². The molecule has 1 saturated heterocycles. The summed E-state index contributed by atoms with van der Waals surface area (Å²) in [6, 6.07) is 2.57. The maximum Gasteiger partial charge on any atom is 0.143 e. The Balaban J connectivity index is 2.23. The number of piperidine rings is 1. The first-order valence-corrected chi connectivity index (χ1v) is 7.47. The van der Waals surface area contributed by atoms with Crippen molar-refractivity contribution >= 4 is 33.3 Å². The van der Waals surface area contributed by atoms with Crippen LogP contribution in [0, 0.1) is 0 Å². The van der Waals surface area contributed by atoms with Crippen molar-refractivity contribution in [2.45, 2.75) is 45.1 Å². The molecule has 0 spiro atoms. The third-order valence-corrected chi connectivity index (χ3v) is 4.10. The zero-order valence-electron chi connectivity index (χ0n) is 10.1. The SMILES string of the molecule is CCCC1CCCCN1c1ncc(Cl)cc1Br. The smallest absolute Gasteiger partial charge is 0.143 e. The Morgan fingerprint density at radius 2 is 2.35 bits per heavy atom. The minimum absolute atomic E-state index is 0.638. The van der Waals surface area contributed by atoms with E-state index in [1.165, 1.54) is 32.1 Å². The molecule has 0 amide bonds. The van der Waals surface area contributed by atoms with Gasteiger partial charge in [-0.3, -0.25) is 0 Å². The van der Waals surface area contributed by atoms with E-state index in [1.807, 2.05) is 6.07 Å². The van der Waals surface area contributed by atoms with Crippen LogP contribution in [0.3, 0.4) is 0 Å². The number of halogens is 2. The van der Waals surface area contributed by atoms with Gasteiger partial charge in [-0.2, -0.15) is 0 Å². The molecule has 0 bridgehead atoms. The molecule has 0 N–H and O–H groups in total. The fourth-order valence-electron chi connectivity index (χ4n) is 2.53. The molecule has 0 radical (unpaired) electrons. The van der Waals surface area contributed by atoms with E-state index < -0.39 is 0 Å². The van der Waals surface area contributed by atoms with E-state index in [0.29, 0.717) is 11.1 Å². The number of aromatic nitrogens is 1. The third-order valence-electron chi connectivity index (χ3n) is 3.31. The van der Waals surface area contributed by atoms with Gasteiger partial charge in [0.15, 0.2) is 0 Å². The predicted molar refractivity (Wildman–Crippen MR) is 76.8 cm³/mol. The Morgan fingerprint density at radius 3 is 3.06 bits per heavy atom. The van der Waals surface area contributed by atoms with Gasteiger partial charge >= 0.3 is 0 Å². The summed E-state index contributed by atoms with van der Waals surface area (Å²) >= 11 is 9.52. The van der Waals surface area contributed by atoms with E-state index in [4.69, 9.17) is 11.6 Å². The molecule has 4 heteroatoms. The van der Waals surface area contributed by atoms with Crippen LogP contribution < -0.4 is 4.90 Å². The standard InChI is InChI=1S/C13H18BrClN2/c1-2-5-11-6-3-4-7-17(11)13-12(14)8-10(15)9-16-13/h8-9,11H,2-7H2,1H3. The number of pyridine rings is 1. The van der Waals surface area contributed by atoms with Crippen LogP contribution in [0.5, 0.6) is 0 Å². The zero-order valence-corrected chi connectivity index (χ0v) is 12.5. The van der Waals surface area contributed by atoms with Gasteiger partial charge in [-0.15, -0.1) is 0 Å². The highest BCUT2D eigenvalue weighted by atomic mass is 79.9. The average molecular weight is 318 g/mol. The molecule has 1 fully saturated rings. The van der Waals surface area contributed by atoms with Crippen molar-refractivity contribution in [3.63, 3.8) is 0 Å². The molecule has 0 aliphatic carbocycles. The number of anilines is 1. The molecule has 2 nitrogen and oxygen atoms in total. The van der Waals surface area contributed by atoms with Crippen LogP contribution in [0.15, 0.2) is 16.7 Å². The molecule has 1 atom stereocenters. The van der Waals surface area contributed by atoms with Crippen LogP contribution in [0.25, 0.3) is 0 Å². The first-order chi connectivity index (χ1) is 8.22. The third kappa shape index (κ3) is 3.14. The molecule has 1 aromatic heterocycles. The summed E-state index contributed by atoms with van der Waals surface area (Å²) in [7, 11) is 0. The number of hydrogen-bond acceptors (Lipinski definition) is 2. The summed E-state index contributed by atoms with van der Waals surface area (Å²) in [5.74, 6) is 1.05. The van der Waals surface area contributed by atoms with Gasteiger partial charge < -0.3 is 4.90 Å². The molecule has 94 valence electrons. The molecule has 1 unspecified atom stereocenters. The van der Waals surface area contributed by atoms with Crippen LogP contribution in [0.4, 0.5) is 5.82 Å². The second-order valence-corrected chi connectivity index (χ2v) is 5.88. The van der Waals surface area contributed by atoms with E-state index in [9.17, 15) is 0 Å². The Hall–Kier alpha value is -0.280. The maximum atomic E-state index is 5.94. The first kappa shape index (κ1) is 13.2. The van der Waals surface area contributed by atoms with Gasteiger partial charge in [0.2, 0.25) is 0 Å². The van der Waals surface area contributed by atoms with Crippen LogP contribution in [-0.4, -0.2) is 17.6 Å². The van der Waals surface area contributed by atoms with Gasteiger partial charge in [-0.05, 0) is 47.7 Å². The lowest BCUT2D eigenvalue weighted by Crippen LogP contribution is -2.40. The van der Waals surface area contributed by atoms with Gasteiger partial charge in [-0.1, -0.05) is 24.9 Å². The number of nitrogens with zero attached hydrogens (tertiary/aromatic N) is 2. The van der Waals surface area contributed by atoms with Crippen LogP contribution >= 0.6 is 27.5 Å². The Labute approximate surface area is 116 Å². The van der Waals surface area contributed by atoms with Crippen molar-refractivity contribution in [1.82, 2.24) is 4.98 Å². The highest BCUT2D eigenvalue weighted by Gasteiger charge is 2.24. The fourth-order valence-corrected chi connectivity index (χ4v) is 3.40. The molecule has 2 heterocycles. The molecule has 0 aromatic carbocycles. The largest absolute Gasteiger partial charge is 0.353 e. The maximum absolute atomic E-state index is 5.94. The predicted octanol–water partition coefficient (Wildman–Crippen LogP) is 4.66. The monoisotopic (exact) mass is 316 g/mol. The Kier molecular flexibility index (Phi) is 4.69. The van der Waals surface area contributed by atoms with Crippen LogP contribution in [0.2, 0.25) is 5.02 Å². The van der Waals surface area contributed by atoms with Gasteiger partial charge in [0, 0.05) is 18.8 Å². The normalized spacial score (nSPS) is 20.6.